The maximum atomic E-state index is 10.1. The van der Waals surface area contributed by atoms with E-state index < -0.39 is 0 Å². The van der Waals surface area contributed by atoms with Gasteiger partial charge < -0.3 is 4.42 Å². The molecule has 2 nitrogen and oxygen atoms in total. The van der Waals surface area contributed by atoms with Crippen LogP contribution in [0.4, 0.5) is 0 Å². The second-order valence-corrected chi connectivity index (χ2v) is 1.12. The van der Waals surface area contributed by atoms with Crippen LogP contribution in [0.5, 0.6) is 0 Å². The average molecular weight is 120 g/mol. The molecule has 0 spiro atoms. The Morgan fingerprint density at radius 2 is 2.12 bits per heavy atom. The van der Waals surface area contributed by atoms with Crippen LogP contribution in [0.25, 0.3) is 0 Å². The Kier molecular flexibility index (Phi) is 3.56. The Bertz CT molecular complexity index is 176. The Balaban J connectivity index is 0.000000490. The second kappa shape index (κ2) is 3.69. The highest BCUT2D eigenvalue weighted by atomic mass is 24.3. The molecule has 38 valence electrons. The summed E-state index contributed by atoms with van der Waals surface area (Å²) in [4.78, 5) is 10.1. The van der Waals surface area contributed by atoms with E-state index in [0.29, 0.717) is 0 Å². The summed E-state index contributed by atoms with van der Waals surface area (Å²) in [6.07, 6.45) is 1.35. The van der Waals surface area contributed by atoms with Gasteiger partial charge in [0.2, 0.25) is 0 Å². The molecule has 0 atom stereocenters. The molecule has 0 fully saturated rings. The van der Waals surface area contributed by atoms with E-state index in [1.807, 2.05) is 0 Å². The van der Waals surface area contributed by atoms with Gasteiger partial charge in [-0.15, -0.1) is 0 Å². The lowest BCUT2D eigenvalue weighted by Gasteiger charge is -1.72. The third-order valence-electron chi connectivity index (χ3n) is 0.606. The SMILES string of the molecule is O=c1cccco1.[Mg]. The van der Waals surface area contributed by atoms with Gasteiger partial charge in [-0.2, -0.15) is 0 Å². The van der Waals surface area contributed by atoms with Crippen LogP contribution < -0.4 is 5.63 Å². The summed E-state index contributed by atoms with van der Waals surface area (Å²) in [5, 5.41) is 0. The molecule has 0 aliphatic rings. The molecule has 0 bridgehead atoms. The summed E-state index contributed by atoms with van der Waals surface area (Å²) in [5.74, 6) is 0. The maximum absolute atomic E-state index is 10.1. The minimum absolute atomic E-state index is 0. The van der Waals surface area contributed by atoms with Gasteiger partial charge in [-0.25, -0.2) is 4.79 Å². The van der Waals surface area contributed by atoms with Gasteiger partial charge in [-0.3, -0.25) is 0 Å². The molecule has 0 aliphatic heterocycles. The Morgan fingerprint density at radius 1 is 1.38 bits per heavy atom. The molecular weight excluding hydrogens is 116 g/mol. The van der Waals surface area contributed by atoms with Gasteiger partial charge in [-0.1, -0.05) is 6.07 Å². The molecule has 1 aromatic rings. The van der Waals surface area contributed by atoms with Crippen LogP contribution in [0, 0.1) is 0 Å². The second-order valence-electron chi connectivity index (χ2n) is 1.12. The molecule has 0 unspecified atom stereocenters. The Labute approximate surface area is 62.7 Å². The van der Waals surface area contributed by atoms with Crippen LogP contribution in [0.1, 0.15) is 0 Å². The van der Waals surface area contributed by atoms with Crippen molar-refractivity contribution < 1.29 is 4.42 Å². The van der Waals surface area contributed by atoms with Crippen LogP contribution in [0.3, 0.4) is 0 Å². The van der Waals surface area contributed by atoms with E-state index in [-0.39, 0.29) is 28.7 Å². The van der Waals surface area contributed by atoms with Crippen molar-refractivity contribution in [1.82, 2.24) is 0 Å². The fourth-order valence-corrected chi connectivity index (χ4v) is 0.325. The zero-order valence-corrected chi connectivity index (χ0v) is 5.75. The standard InChI is InChI=1S/C5H4O2.Mg/c6-5-3-1-2-4-7-5;/h1-4H;. The maximum Gasteiger partial charge on any atom is 0.335 e. The minimum atomic E-state index is -0.303. The third kappa shape index (κ3) is 2.14. The zero-order chi connectivity index (χ0) is 5.11. The van der Waals surface area contributed by atoms with Crippen molar-refractivity contribution in [3.8, 4) is 0 Å². The van der Waals surface area contributed by atoms with E-state index >= 15 is 0 Å². The van der Waals surface area contributed by atoms with E-state index in [2.05, 4.69) is 4.42 Å². The predicted octanol–water partition coefficient (Wildman–Crippen LogP) is 0.259. The monoisotopic (exact) mass is 120 g/mol. The highest BCUT2D eigenvalue weighted by Crippen LogP contribution is 1.72. The minimum Gasteiger partial charge on any atom is -0.431 e. The zero-order valence-electron chi connectivity index (χ0n) is 4.33. The normalized spacial score (nSPS) is 7.50. The predicted molar refractivity (Wildman–Crippen MR) is 30.7 cm³/mol. The summed E-state index contributed by atoms with van der Waals surface area (Å²) < 4.78 is 4.37. The smallest absolute Gasteiger partial charge is 0.335 e. The third-order valence-corrected chi connectivity index (χ3v) is 0.606. The van der Waals surface area contributed by atoms with Gasteiger partial charge in [0.15, 0.2) is 0 Å². The summed E-state index contributed by atoms with van der Waals surface area (Å²) in [7, 11) is 0. The summed E-state index contributed by atoms with van der Waals surface area (Å²) in [6, 6.07) is 4.65. The molecule has 0 amide bonds. The number of rotatable bonds is 0. The highest BCUT2D eigenvalue weighted by molar-refractivity contribution is 5.75. The summed E-state index contributed by atoms with van der Waals surface area (Å²) >= 11 is 0. The Morgan fingerprint density at radius 3 is 2.38 bits per heavy atom. The molecule has 1 rings (SSSR count). The molecule has 0 saturated carbocycles. The Hall–Kier alpha value is -0.284. The molecule has 1 aromatic heterocycles. The first kappa shape index (κ1) is 7.72. The fourth-order valence-electron chi connectivity index (χ4n) is 0.325. The summed E-state index contributed by atoms with van der Waals surface area (Å²) in [5.41, 5.74) is -0.303. The van der Waals surface area contributed by atoms with Crippen LogP contribution >= 0.6 is 0 Å². The van der Waals surface area contributed by atoms with Gasteiger partial charge in [0, 0.05) is 29.1 Å². The van der Waals surface area contributed by atoms with Crippen molar-refractivity contribution in [3.05, 3.63) is 34.9 Å². The largest absolute Gasteiger partial charge is 0.431 e. The molecule has 8 heavy (non-hydrogen) atoms. The van der Waals surface area contributed by atoms with Crippen molar-refractivity contribution in [2.24, 2.45) is 0 Å². The molecular formula is C5H4MgO2. The first-order valence-electron chi connectivity index (χ1n) is 1.93. The molecule has 0 saturated heterocycles. The lowest BCUT2D eigenvalue weighted by atomic mass is 10.5. The molecule has 2 radical (unpaired) electrons. The van der Waals surface area contributed by atoms with Crippen molar-refractivity contribution >= 4 is 23.1 Å². The van der Waals surface area contributed by atoms with Crippen LogP contribution in [-0.2, 0) is 0 Å². The fraction of sp³-hybridized carbons (Fsp3) is 0. The van der Waals surface area contributed by atoms with Crippen LogP contribution in [0.15, 0.2) is 33.7 Å². The van der Waals surface area contributed by atoms with E-state index in [4.69, 9.17) is 0 Å². The van der Waals surface area contributed by atoms with E-state index in [9.17, 15) is 4.79 Å². The average Bonchev–Trinajstić information content (AvgIpc) is 1.69. The molecule has 0 aliphatic carbocycles. The van der Waals surface area contributed by atoms with Crippen molar-refractivity contribution in [2.45, 2.75) is 0 Å². The summed E-state index contributed by atoms with van der Waals surface area (Å²) in [6.45, 7) is 0. The van der Waals surface area contributed by atoms with E-state index in [1.165, 1.54) is 12.3 Å². The van der Waals surface area contributed by atoms with Crippen molar-refractivity contribution in [1.29, 1.82) is 0 Å². The van der Waals surface area contributed by atoms with Gasteiger partial charge in [-0.05, 0) is 6.07 Å². The first-order valence-corrected chi connectivity index (χ1v) is 1.93. The lowest BCUT2D eigenvalue weighted by molar-refractivity contribution is 0.511. The van der Waals surface area contributed by atoms with Crippen LogP contribution in [-0.4, -0.2) is 23.1 Å². The van der Waals surface area contributed by atoms with Gasteiger partial charge in [0.25, 0.3) is 0 Å². The topological polar surface area (TPSA) is 30.2 Å². The van der Waals surface area contributed by atoms with Gasteiger partial charge >= 0.3 is 5.63 Å². The molecule has 1 heterocycles. The van der Waals surface area contributed by atoms with Crippen molar-refractivity contribution in [3.63, 3.8) is 0 Å². The first-order chi connectivity index (χ1) is 3.39. The van der Waals surface area contributed by atoms with Crippen molar-refractivity contribution in [2.75, 3.05) is 0 Å². The number of hydrogen-bond donors (Lipinski definition) is 0. The molecule has 3 heteroatoms. The quantitative estimate of drug-likeness (QED) is 0.460. The van der Waals surface area contributed by atoms with E-state index in [1.54, 1.807) is 12.1 Å². The van der Waals surface area contributed by atoms with Gasteiger partial charge in [0.1, 0.15) is 0 Å². The van der Waals surface area contributed by atoms with Crippen LogP contribution in [0.2, 0.25) is 0 Å². The lowest BCUT2D eigenvalue weighted by Crippen LogP contribution is -1.90. The van der Waals surface area contributed by atoms with E-state index in [0.717, 1.165) is 0 Å². The number of hydrogen-bond acceptors (Lipinski definition) is 2. The van der Waals surface area contributed by atoms with Gasteiger partial charge in [0.05, 0.1) is 6.26 Å². The highest BCUT2D eigenvalue weighted by Gasteiger charge is 1.72. The molecule has 0 aromatic carbocycles. The molecule has 0 N–H and O–H groups in total.